The Bertz CT molecular complexity index is 680. The van der Waals surface area contributed by atoms with Crippen molar-refractivity contribution in [1.29, 1.82) is 0 Å². The number of anilines is 1. The van der Waals surface area contributed by atoms with Crippen LogP contribution in [0.2, 0.25) is 0 Å². The van der Waals surface area contributed by atoms with Gasteiger partial charge in [-0.25, -0.2) is 0 Å². The zero-order chi connectivity index (χ0) is 18.0. The van der Waals surface area contributed by atoms with Crippen LogP contribution in [0.4, 0.5) is 5.82 Å². The SMILES string of the molecule is CC(C)c1noc(CN2CCN(c3ccc(C(C)(C)C)nn3)CC2)n1. The van der Waals surface area contributed by atoms with E-state index in [4.69, 9.17) is 4.52 Å². The molecule has 2 aromatic rings. The third-order valence-electron chi connectivity index (χ3n) is 4.47. The van der Waals surface area contributed by atoms with Crippen molar-refractivity contribution in [3.8, 4) is 0 Å². The van der Waals surface area contributed by atoms with Crippen molar-refractivity contribution in [2.75, 3.05) is 31.1 Å². The summed E-state index contributed by atoms with van der Waals surface area (Å²) in [5, 5.41) is 12.8. The lowest BCUT2D eigenvalue weighted by Crippen LogP contribution is -2.46. The number of rotatable bonds is 4. The molecule has 1 aliphatic rings. The van der Waals surface area contributed by atoms with Gasteiger partial charge in [0.15, 0.2) is 11.6 Å². The molecule has 0 bridgehead atoms. The lowest BCUT2D eigenvalue weighted by atomic mass is 9.92. The highest BCUT2D eigenvalue weighted by molar-refractivity contribution is 5.38. The van der Waals surface area contributed by atoms with E-state index in [1.165, 1.54) is 0 Å². The van der Waals surface area contributed by atoms with Crippen LogP contribution in [0.15, 0.2) is 16.7 Å². The Morgan fingerprint density at radius 3 is 2.32 bits per heavy atom. The average molecular weight is 344 g/mol. The third kappa shape index (κ3) is 4.34. The molecule has 0 aromatic carbocycles. The summed E-state index contributed by atoms with van der Waals surface area (Å²) in [4.78, 5) is 9.08. The van der Waals surface area contributed by atoms with Gasteiger partial charge >= 0.3 is 0 Å². The normalized spacial score (nSPS) is 16.6. The van der Waals surface area contributed by atoms with Crippen LogP contribution in [0.25, 0.3) is 0 Å². The topological polar surface area (TPSA) is 71.2 Å². The molecule has 0 saturated carbocycles. The van der Waals surface area contributed by atoms with Gasteiger partial charge in [-0.3, -0.25) is 4.90 Å². The minimum atomic E-state index is 0.0309. The molecule has 1 aliphatic heterocycles. The summed E-state index contributed by atoms with van der Waals surface area (Å²) in [6, 6.07) is 4.16. The maximum atomic E-state index is 5.35. The highest BCUT2D eigenvalue weighted by Crippen LogP contribution is 2.21. The van der Waals surface area contributed by atoms with E-state index < -0.39 is 0 Å². The lowest BCUT2D eigenvalue weighted by Gasteiger charge is -2.34. The molecular weight excluding hydrogens is 316 g/mol. The van der Waals surface area contributed by atoms with Gasteiger partial charge in [-0.2, -0.15) is 10.1 Å². The number of aromatic nitrogens is 4. The first-order valence-corrected chi connectivity index (χ1v) is 8.97. The summed E-state index contributed by atoms with van der Waals surface area (Å²) in [5.41, 5.74) is 1.05. The van der Waals surface area contributed by atoms with Crippen LogP contribution in [0.5, 0.6) is 0 Å². The van der Waals surface area contributed by atoms with Gasteiger partial charge in [0.2, 0.25) is 5.89 Å². The highest BCUT2D eigenvalue weighted by atomic mass is 16.5. The van der Waals surface area contributed by atoms with Gasteiger partial charge in [-0.05, 0) is 12.1 Å². The van der Waals surface area contributed by atoms with Crippen LogP contribution in [-0.2, 0) is 12.0 Å². The van der Waals surface area contributed by atoms with Crippen LogP contribution < -0.4 is 4.90 Å². The van der Waals surface area contributed by atoms with E-state index in [1.807, 2.05) is 0 Å². The number of hydrogen-bond donors (Lipinski definition) is 0. The van der Waals surface area contributed by atoms with Crippen molar-refractivity contribution in [3.05, 3.63) is 29.5 Å². The fraction of sp³-hybridized carbons (Fsp3) is 0.667. The number of piperazine rings is 1. The van der Waals surface area contributed by atoms with Gasteiger partial charge in [0.25, 0.3) is 0 Å². The van der Waals surface area contributed by atoms with E-state index in [0.29, 0.717) is 18.4 Å². The van der Waals surface area contributed by atoms with Crippen LogP contribution in [0, 0.1) is 0 Å². The summed E-state index contributed by atoms with van der Waals surface area (Å²) in [6.45, 7) is 15.0. The molecule has 3 heterocycles. The van der Waals surface area contributed by atoms with Crippen LogP contribution in [0.1, 0.15) is 57.9 Å². The van der Waals surface area contributed by atoms with Gasteiger partial charge in [-0.1, -0.05) is 39.8 Å². The fourth-order valence-electron chi connectivity index (χ4n) is 2.79. The summed E-state index contributed by atoms with van der Waals surface area (Å²) >= 11 is 0. The maximum absolute atomic E-state index is 5.35. The molecule has 0 unspecified atom stereocenters. The van der Waals surface area contributed by atoms with E-state index >= 15 is 0 Å². The Morgan fingerprint density at radius 2 is 1.80 bits per heavy atom. The van der Waals surface area contributed by atoms with Crippen molar-refractivity contribution in [2.24, 2.45) is 0 Å². The summed E-state index contributed by atoms with van der Waals surface area (Å²) in [5.74, 6) is 2.73. The van der Waals surface area contributed by atoms with E-state index in [9.17, 15) is 0 Å². The van der Waals surface area contributed by atoms with Gasteiger partial charge < -0.3 is 9.42 Å². The molecule has 0 spiro atoms. The van der Waals surface area contributed by atoms with Gasteiger partial charge in [0.1, 0.15) is 0 Å². The molecule has 1 fully saturated rings. The molecule has 0 aliphatic carbocycles. The first kappa shape index (κ1) is 17.8. The smallest absolute Gasteiger partial charge is 0.240 e. The second-order valence-corrected chi connectivity index (χ2v) is 7.99. The molecule has 7 heteroatoms. The molecule has 0 radical (unpaired) electrons. The molecule has 0 amide bonds. The Hall–Kier alpha value is -2.02. The third-order valence-corrected chi connectivity index (χ3v) is 4.47. The number of hydrogen-bond acceptors (Lipinski definition) is 7. The first-order valence-electron chi connectivity index (χ1n) is 8.97. The van der Waals surface area contributed by atoms with E-state index in [-0.39, 0.29) is 5.41 Å². The molecule has 25 heavy (non-hydrogen) atoms. The zero-order valence-electron chi connectivity index (χ0n) is 15.9. The molecule has 7 nitrogen and oxygen atoms in total. The van der Waals surface area contributed by atoms with Crippen LogP contribution >= 0.6 is 0 Å². The zero-order valence-corrected chi connectivity index (χ0v) is 15.9. The van der Waals surface area contributed by atoms with Gasteiger partial charge in [-0.15, -0.1) is 5.10 Å². The largest absolute Gasteiger partial charge is 0.353 e. The van der Waals surface area contributed by atoms with Gasteiger partial charge in [0, 0.05) is 37.5 Å². The molecule has 0 N–H and O–H groups in total. The fourth-order valence-corrected chi connectivity index (χ4v) is 2.79. The Kier molecular flexibility index (Phi) is 5.03. The highest BCUT2D eigenvalue weighted by Gasteiger charge is 2.22. The van der Waals surface area contributed by atoms with E-state index in [2.05, 4.69) is 76.9 Å². The lowest BCUT2D eigenvalue weighted by molar-refractivity contribution is 0.214. The first-order chi connectivity index (χ1) is 11.8. The summed E-state index contributed by atoms with van der Waals surface area (Å²) in [7, 11) is 0. The predicted molar refractivity (Wildman–Crippen MR) is 96.6 cm³/mol. The average Bonchev–Trinajstić information content (AvgIpc) is 3.04. The van der Waals surface area contributed by atoms with Crippen molar-refractivity contribution in [3.63, 3.8) is 0 Å². The second kappa shape index (κ2) is 7.07. The standard InChI is InChI=1S/C18H28N6O/c1-13(2)17-19-16(25-22-17)12-23-8-10-24(11-9-23)15-7-6-14(20-21-15)18(3,4)5/h6-7,13H,8-12H2,1-5H3. The van der Waals surface area contributed by atoms with Crippen molar-refractivity contribution < 1.29 is 4.52 Å². The summed E-state index contributed by atoms with van der Waals surface area (Å²) < 4.78 is 5.35. The van der Waals surface area contributed by atoms with Crippen molar-refractivity contribution in [2.45, 2.75) is 52.5 Å². The number of nitrogens with zero attached hydrogens (tertiary/aromatic N) is 6. The minimum absolute atomic E-state index is 0.0309. The Morgan fingerprint density at radius 1 is 1.08 bits per heavy atom. The van der Waals surface area contributed by atoms with Crippen molar-refractivity contribution >= 4 is 5.82 Å². The second-order valence-electron chi connectivity index (χ2n) is 7.99. The molecular formula is C18H28N6O. The molecule has 2 aromatic heterocycles. The monoisotopic (exact) mass is 344 g/mol. The Labute approximate surface area is 149 Å². The maximum Gasteiger partial charge on any atom is 0.240 e. The molecule has 1 saturated heterocycles. The predicted octanol–water partition coefficient (Wildman–Crippen LogP) is 2.60. The van der Waals surface area contributed by atoms with Crippen LogP contribution in [0.3, 0.4) is 0 Å². The minimum Gasteiger partial charge on any atom is -0.353 e. The molecule has 0 atom stereocenters. The Balaban J connectivity index is 1.54. The van der Waals surface area contributed by atoms with E-state index in [0.717, 1.165) is 43.5 Å². The van der Waals surface area contributed by atoms with Crippen molar-refractivity contribution in [1.82, 2.24) is 25.2 Å². The van der Waals surface area contributed by atoms with Gasteiger partial charge in [0.05, 0.1) is 12.2 Å². The van der Waals surface area contributed by atoms with Crippen LogP contribution in [-0.4, -0.2) is 51.4 Å². The summed E-state index contributed by atoms with van der Waals surface area (Å²) in [6.07, 6.45) is 0. The quantitative estimate of drug-likeness (QED) is 0.844. The molecule has 136 valence electrons. The van der Waals surface area contributed by atoms with E-state index in [1.54, 1.807) is 0 Å². The molecule has 3 rings (SSSR count).